The second-order valence-corrected chi connectivity index (χ2v) is 5.49. The Labute approximate surface area is 105 Å². The fraction of sp³-hybridized carbons (Fsp3) is 0.538. The quantitative estimate of drug-likeness (QED) is 0.773. The van der Waals surface area contributed by atoms with Crippen LogP contribution in [0.1, 0.15) is 32.1 Å². The normalized spacial score (nSPS) is 18.9. The molecule has 1 atom stereocenters. The summed E-state index contributed by atoms with van der Waals surface area (Å²) in [5.41, 5.74) is 0.770. The number of rotatable bonds is 4. The second kappa shape index (κ2) is 6.17. The lowest BCUT2D eigenvalue weighted by molar-refractivity contribution is 0.365. The molecule has 2 rings (SSSR count). The Morgan fingerprint density at radius 1 is 1.18 bits per heavy atom. The summed E-state index contributed by atoms with van der Waals surface area (Å²) >= 11 is -2.17. The molecule has 1 aliphatic rings. The van der Waals surface area contributed by atoms with Crippen LogP contribution >= 0.6 is 0 Å². The molecule has 1 fully saturated rings. The number of para-hydroxylation sites is 1. The van der Waals surface area contributed by atoms with Crippen molar-refractivity contribution in [2.45, 2.75) is 32.1 Å². The van der Waals surface area contributed by atoms with Crippen molar-refractivity contribution in [3.63, 3.8) is 0 Å². The summed E-state index contributed by atoms with van der Waals surface area (Å²) in [6.07, 6.45) is 6.07. The number of hydrogen-bond donors (Lipinski definition) is 0. The van der Waals surface area contributed by atoms with Crippen molar-refractivity contribution in [2.75, 3.05) is 10.8 Å². The van der Waals surface area contributed by atoms with Crippen molar-refractivity contribution in [1.29, 1.82) is 0 Å². The molecule has 1 saturated carbocycles. The summed E-state index contributed by atoms with van der Waals surface area (Å²) < 4.78 is 24.1. The van der Waals surface area contributed by atoms with Gasteiger partial charge in [-0.05, 0) is 30.9 Å². The zero-order valence-electron chi connectivity index (χ0n) is 9.88. The molecule has 1 aromatic rings. The highest BCUT2D eigenvalue weighted by atomic mass is 32.2. The molecule has 0 radical (unpaired) electrons. The molecular formula is C13H18NO2S-. The van der Waals surface area contributed by atoms with Crippen LogP contribution < -0.4 is 4.31 Å². The third kappa shape index (κ3) is 3.54. The van der Waals surface area contributed by atoms with Gasteiger partial charge >= 0.3 is 0 Å². The van der Waals surface area contributed by atoms with E-state index in [0.717, 1.165) is 18.5 Å². The smallest absolute Gasteiger partial charge is 0.0482 e. The fourth-order valence-corrected chi connectivity index (χ4v) is 3.08. The van der Waals surface area contributed by atoms with Gasteiger partial charge in [-0.25, -0.2) is 0 Å². The van der Waals surface area contributed by atoms with Gasteiger partial charge in [0.15, 0.2) is 0 Å². The Balaban J connectivity index is 2.05. The van der Waals surface area contributed by atoms with Gasteiger partial charge in [-0.15, -0.1) is 0 Å². The first kappa shape index (κ1) is 12.6. The summed E-state index contributed by atoms with van der Waals surface area (Å²) in [5, 5.41) is 0. The first-order valence-corrected chi connectivity index (χ1v) is 7.22. The van der Waals surface area contributed by atoms with Crippen LogP contribution in [0, 0.1) is 5.92 Å². The third-order valence-electron chi connectivity index (χ3n) is 3.37. The maximum absolute atomic E-state index is 11.3. The number of anilines is 1. The van der Waals surface area contributed by atoms with Crippen LogP contribution in [0.4, 0.5) is 5.69 Å². The van der Waals surface area contributed by atoms with E-state index in [1.54, 1.807) is 0 Å². The van der Waals surface area contributed by atoms with E-state index < -0.39 is 11.3 Å². The van der Waals surface area contributed by atoms with Crippen LogP contribution in [0.2, 0.25) is 0 Å². The molecule has 0 spiro atoms. The minimum Gasteiger partial charge on any atom is -0.755 e. The van der Waals surface area contributed by atoms with E-state index in [9.17, 15) is 8.76 Å². The molecule has 0 amide bonds. The summed E-state index contributed by atoms with van der Waals surface area (Å²) in [6, 6.07) is 9.33. The van der Waals surface area contributed by atoms with Crippen LogP contribution in [-0.2, 0) is 11.3 Å². The molecule has 0 heterocycles. The lowest BCUT2D eigenvalue weighted by Gasteiger charge is -2.32. The van der Waals surface area contributed by atoms with Crippen molar-refractivity contribution < 1.29 is 8.76 Å². The highest BCUT2D eigenvalue weighted by Crippen LogP contribution is 2.26. The van der Waals surface area contributed by atoms with Crippen LogP contribution in [0.15, 0.2) is 30.3 Å². The van der Waals surface area contributed by atoms with Crippen molar-refractivity contribution in [2.24, 2.45) is 5.92 Å². The SMILES string of the molecule is O=S([O-])N(CC1CCCCC1)c1ccccc1. The first-order chi connectivity index (χ1) is 8.27. The van der Waals surface area contributed by atoms with Gasteiger partial charge in [-0.3, -0.25) is 4.21 Å². The van der Waals surface area contributed by atoms with Crippen LogP contribution in [0.5, 0.6) is 0 Å². The Morgan fingerprint density at radius 2 is 1.82 bits per heavy atom. The molecule has 1 unspecified atom stereocenters. The van der Waals surface area contributed by atoms with Gasteiger partial charge in [0, 0.05) is 23.5 Å². The Morgan fingerprint density at radius 3 is 2.41 bits per heavy atom. The predicted molar refractivity (Wildman–Crippen MR) is 69.3 cm³/mol. The zero-order valence-corrected chi connectivity index (χ0v) is 10.7. The van der Waals surface area contributed by atoms with E-state index in [2.05, 4.69) is 0 Å². The van der Waals surface area contributed by atoms with E-state index in [1.165, 1.54) is 23.6 Å². The molecule has 94 valence electrons. The van der Waals surface area contributed by atoms with Crippen molar-refractivity contribution in [1.82, 2.24) is 0 Å². The largest absolute Gasteiger partial charge is 0.755 e. The lowest BCUT2D eigenvalue weighted by atomic mass is 9.89. The predicted octanol–water partition coefficient (Wildman–Crippen LogP) is 2.87. The summed E-state index contributed by atoms with van der Waals surface area (Å²) in [4.78, 5) is 0. The maximum atomic E-state index is 11.3. The topological polar surface area (TPSA) is 43.4 Å². The highest BCUT2D eigenvalue weighted by molar-refractivity contribution is 7.80. The third-order valence-corrected chi connectivity index (χ3v) is 4.09. The number of benzene rings is 1. The van der Waals surface area contributed by atoms with Crippen molar-refractivity contribution in [3.05, 3.63) is 30.3 Å². The molecule has 4 heteroatoms. The molecule has 3 nitrogen and oxygen atoms in total. The van der Waals surface area contributed by atoms with Gasteiger partial charge in [0.25, 0.3) is 0 Å². The second-order valence-electron chi connectivity index (χ2n) is 4.62. The summed E-state index contributed by atoms with van der Waals surface area (Å²) in [5.74, 6) is 0.516. The van der Waals surface area contributed by atoms with E-state index in [-0.39, 0.29) is 0 Å². The van der Waals surface area contributed by atoms with Gasteiger partial charge in [0.1, 0.15) is 0 Å². The van der Waals surface area contributed by atoms with E-state index >= 15 is 0 Å². The molecule has 17 heavy (non-hydrogen) atoms. The molecule has 1 aromatic carbocycles. The minimum absolute atomic E-state index is 0.516. The number of hydrogen-bond acceptors (Lipinski definition) is 2. The first-order valence-electron chi connectivity index (χ1n) is 6.19. The number of nitrogens with zero attached hydrogens (tertiary/aromatic N) is 1. The average molecular weight is 252 g/mol. The standard InChI is InChI=1S/C13H19NO2S/c15-17(16)14(13-9-5-2-6-10-13)11-12-7-3-1-4-8-12/h2,5-6,9-10,12H,1,3-4,7-8,11H2,(H,15,16)/p-1. The van der Waals surface area contributed by atoms with Gasteiger partial charge in [-0.2, -0.15) is 0 Å². The fourth-order valence-electron chi connectivity index (χ4n) is 2.45. The van der Waals surface area contributed by atoms with Crippen LogP contribution in [0.25, 0.3) is 0 Å². The van der Waals surface area contributed by atoms with Gasteiger partial charge in [0.2, 0.25) is 0 Å². The molecule has 0 N–H and O–H groups in total. The molecule has 0 aromatic heterocycles. The zero-order chi connectivity index (χ0) is 12.1. The van der Waals surface area contributed by atoms with Crippen LogP contribution in [-0.4, -0.2) is 15.3 Å². The van der Waals surface area contributed by atoms with Gasteiger partial charge in [-0.1, -0.05) is 37.5 Å². The summed E-state index contributed by atoms with van der Waals surface area (Å²) in [6.45, 7) is 0.625. The molecule has 0 saturated heterocycles. The van der Waals surface area contributed by atoms with Crippen molar-refractivity contribution >= 4 is 17.0 Å². The van der Waals surface area contributed by atoms with E-state index in [0.29, 0.717) is 12.5 Å². The molecule has 1 aliphatic carbocycles. The van der Waals surface area contributed by atoms with Crippen molar-refractivity contribution in [3.8, 4) is 0 Å². The average Bonchev–Trinajstić information content (AvgIpc) is 2.38. The monoisotopic (exact) mass is 252 g/mol. The Hall–Kier alpha value is -0.870. The van der Waals surface area contributed by atoms with Gasteiger partial charge in [0.05, 0.1) is 0 Å². The Bertz CT molecular complexity index is 363. The van der Waals surface area contributed by atoms with E-state index in [1.807, 2.05) is 30.3 Å². The minimum atomic E-state index is -2.17. The summed E-state index contributed by atoms with van der Waals surface area (Å²) in [7, 11) is 0. The van der Waals surface area contributed by atoms with E-state index in [4.69, 9.17) is 0 Å². The molecule has 0 bridgehead atoms. The van der Waals surface area contributed by atoms with Gasteiger partial charge < -0.3 is 8.86 Å². The van der Waals surface area contributed by atoms with Crippen LogP contribution in [0.3, 0.4) is 0 Å². The molecular weight excluding hydrogens is 234 g/mol. The lowest BCUT2D eigenvalue weighted by Crippen LogP contribution is -2.32. The molecule has 0 aliphatic heterocycles. The highest BCUT2D eigenvalue weighted by Gasteiger charge is 2.18. The maximum Gasteiger partial charge on any atom is 0.0482 e. The Kier molecular flexibility index (Phi) is 4.57.